The lowest BCUT2D eigenvalue weighted by Crippen LogP contribution is -2.47. The van der Waals surface area contributed by atoms with Gasteiger partial charge < -0.3 is 11.1 Å². The minimum Gasteiger partial charge on any atom is -0.368 e. The van der Waals surface area contributed by atoms with Crippen LogP contribution in [0.25, 0.3) is 0 Å². The molecule has 0 spiro atoms. The molecule has 0 saturated heterocycles. The third-order valence-electron chi connectivity index (χ3n) is 2.30. The lowest BCUT2D eigenvalue weighted by molar-refractivity contribution is -0.120. The molecule has 0 fully saturated rings. The quantitative estimate of drug-likeness (QED) is 0.792. The Morgan fingerprint density at radius 1 is 1.19 bits per heavy atom. The molecule has 0 aromatic heterocycles. The second kappa shape index (κ2) is 5.30. The van der Waals surface area contributed by atoms with Gasteiger partial charge in [-0.1, -0.05) is 32.0 Å². The molecule has 0 aliphatic carbocycles. The largest absolute Gasteiger partial charge is 0.368 e. The lowest BCUT2D eigenvalue weighted by atomic mass is 10.0. The fourth-order valence-corrected chi connectivity index (χ4v) is 1.38. The van der Waals surface area contributed by atoms with Gasteiger partial charge in [0.05, 0.1) is 0 Å². The summed E-state index contributed by atoms with van der Waals surface area (Å²) in [7, 11) is 0. The molecule has 0 aliphatic rings. The summed E-state index contributed by atoms with van der Waals surface area (Å²) in [6.07, 6.45) is 0. The maximum Gasteiger partial charge on any atom is 0.251 e. The topological polar surface area (TPSA) is 72.2 Å². The van der Waals surface area contributed by atoms with Gasteiger partial charge in [-0.2, -0.15) is 0 Å². The zero-order valence-corrected chi connectivity index (χ0v) is 9.44. The zero-order chi connectivity index (χ0) is 12.1. The lowest BCUT2D eigenvalue weighted by Gasteiger charge is -2.18. The number of hydrogen-bond donors (Lipinski definition) is 2. The van der Waals surface area contributed by atoms with Crippen molar-refractivity contribution < 1.29 is 9.59 Å². The van der Waals surface area contributed by atoms with Gasteiger partial charge in [0.25, 0.3) is 5.91 Å². The number of rotatable bonds is 4. The van der Waals surface area contributed by atoms with Crippen LogP contribution < -0.4 is 11.1 Å². The number of nitrogens with two attached hydrogens (primary N) is 1. The maximum absolute atomic E-state index is 11.7. The number of amides is 2. The van der Waals surface area contributed by atoms with Crippen molar-refractivity contribution in [3.05, 3.63) is 35.9 Å². The SMILES string of the molecule is CC(C)C(NC(=O)c1ccccc1)C(N)=O. The smallest absolute Gasteiger partial charge is 0.251 e. The van der Waals surface area contributed by atoms with E-state index in [0.29, 0.717) is 5.56 Å². The zero-order valence-electron chi connectivity index (χ0n) is 9.44. The number of carbonyl (C=O) groups excluding carboxylic acids is 2. The molecule has 86 valence electrons. The van der Waals surface area contributed by atoms with E-state index in [9.17, 15) is 9.59 Å². The highest BCUT2D eigenvalue weighted by atomic mass is 16.2. The number of hydrogen-bond acceptors (Lipinski definition) is 2. The van der Waals surface area contributed by atoms with E-state index in [1.54, 1.807) is 24.3 Å². The van der Waals surface area contributed by atoms with E-state index in [-0.39, 0.29) is 11.8 Å². The Bertz CT molecular complexity index is 374. The van der Waals surface area contributed by atoms with Gasteiger partial charge in [0.2, 0.25) is 5.91 Å². The predicted molar refractivity (Wildman–Crippen MR) is 61.7 cm³/mol. The average molecular weight is 220 g/mol. The standard InChI is InChI=1S/C12H16N2O2/c1-8(2)10(11(13)15)14-12(16)9-6-4-3-5-7-9/h3-8,10H,1-2H3,(H2,13,15)(H,14,16). The van der Waals surface area contributed by atoms with E-state index in [0.717, 1.165) is 0 Å². The van der Waals surface area contributed by atoms with Crippen LogP contribution >= 0.6 is 0 Å². The summed E-state index contributed by atoms with van der Waals surface area (Å²) in [4.78, 5) is 22.9. The van der Waals surface area contributed by atoms with Gasteiger partial charge >= 0.3 is 0 Å². The first-order valence-corrected chi connectivity index (χ1v) is 5.17. The fraction of sp³-hybridized carbons (Fsp3) is 0.333. The van der Waals surface area contributed by atoms with E-state index in [1.165, 1.54) is 0 Å². The summed E-state index contributed by atoms with van der Waals surface area (Å²) in [5.41, 5.74) is 5.73. The Hall–Kier alpha value is -1.84. The molecule has 1 aromatic rings. The molecule has 16 heavy (non-hydrogen) atoms. The Morgan fingerprint density at radius 2 is 1.75 bits per heavy atom. The molecule has 2 amide bonds. The van der Waals surface area contributed by atoms with Gasteiger partial charge in [-0.25, -0.2) is 0 Å². The summed E-state index contributed by atoms with van der Waals surface area (Å²) >= 11 is 0. The van der Waals surface area contributed by atoms with E-state index < -0.39 is 11.9 Å². The van der Waals surface area contributed by atoms with Crippen molar-refractivity contribution in [1.82, 2.24) is 5.32 Å². The van der Waals surface area contributed by atoms with Crippen molar-refractivity contribution in [2.45, 2.75) is 19.9 Å². The normalized spacial score (nSPS) is 12.2. The van der Waals surface area contributed by atoms with E-state index >= 15 is 0 Å². The van der Waals surface area contributed by atoms with Crippen molar-refractivity contribution in [2.24, 2.45) is 11.7 Å². The molecule has 4 nitrogen and oxygen atoms in total. The monoisotopic (exact) mass is 220 g/mol. The Kier molecular flexibility index (Phi) is 4.05. The van der Waals surface area contributed by atoms with Gasteiger partial charge in [0.15, 0.2) is 0 Å². The van der Waals surface area contributed by atoms with Crippen molar-refractivity contribution in [2.75, 3.05) is 0 Å². The van der Waals surface area contributed by atoms with Crippen LogP contribution in [0.3, 0.4) is 0 Å². The summed E-state index contributed by atoms with van der Waals surface area (Å²) in [5, 5.41) is 2.62. The first-order chi connectivity index (χ1) is 7.52. The Labute approximate surface area is 94.8 Å². The van der Waals surface area contributed by atoms with Crippen LogP contribution in [-0.2, 0) is 4.79 Å². The third-order valence-corrected chi connectivity index (χ3v) is 2.30. The first kappa shape index (κ1) is 12.2. The van der Waals surface area contributed by atoms with Crippen LogP contribution in [-0.4, -0.2) is 17.9 Å². The molecular weight excluding hydrogens is 204 g/mol. The summed E-state index contributed by atoms with van der Waals surface area (Å²) < 4.78 is 0. The number of carbonyl (C=O) groups is 2. The third kappa shape index (κ3) is 3.08. The van der Waals surface area contributed by atoms with Gasteiger partial charge in [-0.05, 0) is 18.1 Å². The van der Waals surface area contributed by atoms with Gasteiger partial charge in [0.1, 0.15) is 6.04 Å². The average Bonchev–Trinajstić information content (AvgIpc) is 2.25. The number of nitrogens with one attached hydrogen (secondary N) is 1. The molecule has 3 N–H and O–H groups in total. The fourth-order valence-electron chi connectivity index (χ4n) is 1.38. The molecule has 4 heteroatoms. The minimum absolute atomic E-state index is 0.0230. The van der Waals surface area contributed by atoms with Crippen molar-refractivity contribution in [3.8, 4) is 0 Å². The van der Waals surface area contributed by atoms with Crippen molar-refractivity contribution >= 4 is 11.8 Å². The van der Waals surface area contributed by atoms with Crippen LogP contribution in [0.4, 0.5) is 0 Å². The summed E-state index contributed by atoms with van der Waals surface area (Å²) in [6, 6.07) is 8.10. The summed E-state index contributed by atoms with van der Waals surface area (Å²) in [5.74, 6) is -0.817. The van der Waals surface area contributed by atoms with E-state index in [2.05, 4.69) is 5.32 Å². The maximum atomic E-state index is 11.7. The summed E-state index contributed by atoms with van der Waals surface area (Å²) in [6.45, 7) is 3.67. The molecular formula is C12H16N2O2. The van der Waals surface area contributed by atoms with E-state index in [4.69, 9.17) is 5.73 Å². The predicted octanol–water partition coefficient (Wildman–Crippen LogP) is 0.926. The second-order valence-corrected chi connectivity index (χ2v) is 3.96. The molecule has 1 unspecified atom stereocenters. The number of benzene rings is 1. The molecule has 0 heterocycles. The molecule has 0 radical (unpaired) electrons. The first-order valence-electron chi connectivity index (χ1n) is 5.17. The highest BCUT2D eigenvalue weighted by Gasteiger charge is 2.21. The molecule has 0 bridgehead atoms. The highest BCUT2D eigenvalue weighted by Crippen LogP contribution is 2.04. The van der Waals surface area contributed by atoms with Crippen LogP contribution in [0.2, 0.25) is 0 Å². The number of primary amides is 1. The van der Waals surface area contributed by atoms with Gasteiger partial charge in [0, 0.05) is 5.56 Å². The Balaban J connectivity index is 2.74. The van der Waals surface area contributed by atoms with Crippen molar-refractivity contribution in [3.63, 3.8) is 0 Å². The second-order valence-electron chi connectivity index (χ2n) is 3.96. The molecule has 0 saturated carbocycles. The van der Waals surface area contributed by atoms with Crippen LogP contribution in [0, 0.1) is 5.92 Å². The van der Waals surface area contributed by atoms with Crippen molar-refractivity contribution in [1.29, 1.82) is 0 Å². The van der Waals surface area contributed by atoms with E-state index in [1.807, 2.05) is 19.9 Å². The van der Waals surface area contributed by atoms with Crippen LogP contribution in [0.15, 0.2) is 30.3 Å². The van der Waals surface area contributed by atoms with Crippen LogP contribution in [0.1, 0.15) is 24.2 Å². The molecule has 0 aliphatic heterocycles. The minimum atomic E-state index is -0.632. The highest BCUT2D eigenvalue weighted by molar-refractivity contribution is 5.97. The molecule has 1 rings (SSSR count). The molecule has 1 aromatic carbocycles. The molecule has 1 atom stereocenters. The van der Waals surface area contributed by atoms with Gasteiger partial charge in [-0.3, -0.25) is 9.59 Å². The Morgan fingerprint density at radius 3 is 2.19 bits per heavy atom. The van der Waals surface area contributed by atoms with Crippen LogP contribution in [0.5, 0.6) is 0 Å². The van der Waals surface area contributed by atoms with Gasteiger partial charge in [-0.15, -0.1) is 0 Å².